The second kappa shape index (κ2) is 8.08. The van der Waals surface area contributed by atoms with Gasteiger partial charge in [0.25, 0.3) is 10.1 Å². The number of benzene rings is 1. The Morgan fingerprint density at radius 2 is 1.81 bits per heavy atom. The van der Waals surface area contributed by atoms with Crippen molar-refractivity contribution in [2.75, 3.05) is 6.61 Å². The molecule has 2 aliphatic carbocycles. The summed E-state index contributed by atoms with van der Waals surface area (Å²) in [6, 6.07) is 10.0. The van der Waals surface area contributed by atoms with Gasteiger partial charge >= 0.3 is 0 Å². The highest BCUT2D eigenvalue weighted by atomic mass is 32.2. The van der Waals surface area contributed by atoms with Crippen molar-refractivity contribution < 1.29 is 17.0 Å². The third-order valence-corrected chi connectivity index (χ3v) is 7.67. The zero-order valence-corrected chi connectivity index (χ0v) is 19.0. The van der Waals surface area contributed by atoms with Crippen LogP contribution < -0.4 is 0 Å². The maximum atomic E-state index is 13.7. The number of rotatable bonds is 7. The van der Waals surface area contributed by atoms with Gasteiger partial charge < -0.3 is 0 Å². The molecule has 0 N–H and O–H groups in total. The summed E-state index contributed by atoms with van der Waals surface area (Å²) >= 11 is 0. The normalized spacial score (nSPS) is 20.8. The molecule has 2 aromatic heterocycles. The molecule has 168 valence electrons. The summed E-state index contributed by atoms with van der Waals surface area (Å²) < 4.78 is 45.8. The number of aromatic nitrogens is 3. The van der Waals surface area contributed by atoms with Crippen LogP contribution in [0.4, 0.5) is 4.39 Å². The van der Waals surface area contributed by atoms with Crippen molar-refractivity contribution in [3.63, 3.8) is 0 Å². The lowest BCUT2D eigenvalue weighted by Gasteiger charge is -2.34. The Morgan fingerprint density at radius 3 is 2.47 bits per heavy atom. The third-order valence-electron chi connectivity index (χ3n) is 6.38. The molecule has 2 heterocycles. The summed E-state index contributed by atoms with van der Waals surface area (Å²) in [5.41, 5.74) is 4.14. The number of halogens is 1. The molecule has 0 atom stereocenters. The molecule has 1 aromatic carbocycles. The number of pyridine rings is 1. The van der Waals surface area contributed by atoms with Gasteiger partial charge in [-0.05, 0) is 69.7 Å². The lowest BCUT2D eigenvalue weighted by atomic mass is 9.81. The fraction of sp³-hybridized carbons (Fsp3) is 0.417. The molecular weight excluding hydrogens is 429 g/mol. The number of nitrogens with zero attached hydrogens (tertiary/aromatic N) is 3. The summed E-state index contributed by atoms with van der Waals surface area (Å²) in [4.78, 5) is 4.61. The Hall–Kier alpha value is -2.58. The van der Waals surface area contributed by atoms with Gasteiger partial charge in [-0.25, -0.2) is 9.37 Å². The van der Waals surface area contributed by atoms with Crippen molar-refractivity contribution in [1.29, 1.82) is 0 Å². The van der Waals surface area contributed by atoms with Gasteiger partial charge in [-0.15, -0.1) is 0 Å². The summed E-state index contributed by atoms with van der Waals surface area (Å²) in [6.07, 6.45) is 5.86. The first-order valence-electron chi connectivity index (χ1n) is 11.0. The molecule has 2 saturated carbocycles. The van der Waals surface area contributed by atoms with Crippen LogP contribution in [0.5, 0.6) is 0 Å². The van der Waals surface area contributed by atoms with Crippen molar-refractivity contribution in [2.24, 2.45) is 5.92 Å². The number of hydrogen-bond donors (Lipinski definition) is 0. The van der Waals surface area contributed by atoms with Crippen LogP contribution in [0.3, 0.4) is 0 Å². The molecule has 0 amide bonds. The molecule has 0 saturated heterocycles. The van der Waals surface area contributed by atoms with E-state index in [-0.39, 0.29) is 29.3 Å². The second-order valence-electron chi connectivity index (χ2n) is 8.99. The van der Waals surface area contributed by atoms with Gasteiger partial charge in [-0.2, -0.15) is 13.5 Å². The maximum Gasteiger partial charge on any atom is 0.296 e. The Bertz CT molecular complexity index is 1240. The van der Waals surface area contributed by atoms with Crippen LogP contribution in [0.1, 0.15) is 54.6 Å². The Balaban J connectivity index is 1.25. The highest BCUT2D eigenvalue weighted by molar-refractivity contribution is 7.86. The molecule has 5 rings (SSSR count). The second-order valence-corrected chi connectivity index (χ2v) is 10.6. The SMILES string of the molecule is Cc1ccc(S(=O)(=O)OCC2CC(n3cc(-c4ccc(F)c(C)n4)c(C4CC4)n3)C2)cc1. The van der Waals surface area contributed by atoms with Crippen molar-refractivity contribution in [1.82, 2.24) is 14.8 Å². The van der Waals surface area contributed by atoms with Crippen molar-refractivity contribution >= 4 is 10.1 Å². The molecule has 0 radical (unpaired) electrons. The monoisotopic (exact) mass is 455 g/mol. The minimum atomic E-state index is -3.74. The summed E-state index contributed by atoms with van der Waals surface area (Å²) in [5.74, 6) is 0.303. The van der Waals surface area contributed by atoms with Crippen molar-refractivity contribution in [3.05, 3.63) is 65.4 Å². The molecule has 0 bridgehead atoms. The van der Waals surface area contributed by atoms with Crippen LogP contribution in [0.25, 0.3) is 11.3 Å². The molecule has 0 spiro atoms. The van der Waals surface area contributed by atoms with E-state index in [4.69, 9.17) is 9.28 Å². The first kappa shape index (κ1) is 21.3. The van der Waals surface area contributed by atoms with E-state index in [0.29, 0.717) is 11.6 Å². The minimum absolute atomic E-state index is 0.170. The molecular formula is C24H26FN3O3S. The van der Waals surface area contributed by atoms with E-state index < -0.39 is 10.1 Å². The summed E-state index contributed by atoms with van der Waals surface area (Å²) in [7, 11) is -3.74. The number of hydrogen-bond acceptors (Lipinski definition) is 5. The average molecular weight is 456 g/mol. The van der Waals surface area contributed by atoms with Gasteiger partial charge in [0.1, 0.15) is 5.82 Å². The summed E-state index contributed by atoms with van der Waals surface area (Å²) in [6.45, 7) is 3.75. The Morgan fingerprint density at radius 1 is 1.09 bits per heavy atom. The molecule has 32 heavy (non-hydrogen) atoms. The van der Waals surface area contributed by atoms with Crippen LogP contribution in [0.15, 0.2) is 47.5 Å². The molecule has 8 heteroatoms. The Kier molecular flexibility index (Phi) is 5.37. The fourth-order valence-corrected chi connectivity index (χ4v) is 5.13. The molecule has 2 aliphatic rings. The third kappa shape index (κ3) is 4.21. The molecule has 0 aliphatic heterocycles. The van der Waals surface area contributed by atoms with Gasteiger partial charge in [-0.3, -0.25) is 8.86 Å². The first-order valence-corrected chi connectivity index (χ1v) is 12.4. The van der Waals surface area contributed by atoms with E-state index in [1.54, 1.807) is 37.3 Å². The van der Waals surface area contributed by atoms with E-state index in [1.165, 1.54) is 6.07 Å². The van der Waals surface area contributed by atoms with Crippen LogP contribution >= 0.6 is 0 Å². The lowest BCUT2D eigenvalue weighted by Crippen LogP contribution is -2.31. The van der Waals surface area contributed by atoms with Gasteiger partial charge in [0, 0.05) is 17.7 Å². The van der Waals surface area contributed by atoms with E-state index in [1.807, 2.05) is 17.8 Å². The molecule has 3 aromatic rings. The molecule has 0 unspecified atom stereocenters. The zero-order chi connectivity index (χ0) is 22.5. The van der Waals surface area contributed by atoms with Gasteiger partial charge in [0.05, 0.1) is 34.6 Å². The standard InChI is InChI=1S/C24H26FN3O3S/c1-15-3-7-20(8-4-15)32(29,30)31-14-17-11-19(12-17)28-13-21(24(27-28)18-5-6-18)23-10-9-22(25)16(2)26-23/h3-4,7-10,13,17-19H,5-6,11-12,14H2,1-2H3. The van der Waals surface area contributed by atoms with Crippen LogP contribution in [0, 0.1) is 25.6 Å². The van der Waals surface area contributed by atoms with Crippen LogP contribution in [-0.2, 0) is 14.3 Å². The predicted octanol–water partition coefficient (Wildman–Crippen LogP) is 4.94. The first-order chi connectivity index (χ1) is 15.3. The predicted molar refractivity (Wildman–Crippen MR) is 118 cm³/mol. The maximum absolute atomic E-state index is 13.7. The van der Waals surface area contributed by atoms with Gasteiger partial charge in [0.15, 0.2) is 0 Å². The van der Waals surface area contributed by atoms with Gasteiger partial charge in [-0.1, -0.05) is 17.7 Å². The highest BCUT2D eigenvalue weighted by Crippen LogP contribution is 2.45. The van der Waals surface area contributed by atoms with Gasteiger partial charge in [0.2, 0.25) is 0 Å². The Labute approximate surface area is 187 Å². The highest BCUT2D eigenvalue weighted by Gasteiger charge is 2.36. The molecule has 6 nitrogen and oxygen atoms in total. The molecule has 2 fully saturated rings. The van der Waals surface area contributed by atoms with Crippen molar-refractivity contribution in [2.45, 2.75) is 56.4 Å². The smallest absolute Gasteiger partial charge is 0.269 e. The fourth-order valence-electron chi connectivity index (χ4n) is 4.15. The average Bonchev–Trinajstić information content (AvgIpc) is 3.48. The van der Waals surface area contributed by atoms with E-state index in [2.05, 4.69) is 4.98 Å². The summed E-state index contributed by atoms with van der Waals surface area (Å²) in [5, 5.41) is 4.85. The van der Waals surface area contributed by atoms with Crippen molar-refractivity contribution in [3.8, 4) is 11.3 Å². The van der Waals surface area contributed by atoms with Crippen LogP contribution in [-0.4, -0.2) is 29.8 Å². The van der Waals surface area contributed by atoms with E-state index in [9.17, 15) is 12.8 Å². The minimum Gasteiger partial charge on any atom is -0.269 e. The lowest BCUT2D eigenvalue weighted by molar-refractivity contribution is 0.120. The van der Waals surface area contributed by atoms with E-state index in [0.717, 1.165) is 48.2 Å². The largest absolute Gasteiger partial charge is 0.296 e. The topological polar surface area (TPSA) is 74.1 Å². The number of aryl methyl sites for hydroxylation is 2. The van der Waals surface area contributed by atoms with Crippen LogP contribution in [0.2, 0.25) is 0 Å². The quantitative estimate of drug-likeness (QED) is 0.472. The van der Waals surface area contributed by atoms with E-state index >= 15 is 0 Å². The zero-order valence-electron chi connectivity index (χ0n) is 18.2.